The van der Waals surface area contributed by atoms with Crippen molar-refractivity contribution < 1.29 is 0 Å². The van der Waals surface area contributed by atoms with Gasteiger partial charge in [0.2, 0.25) is 0 Å². The molecule has 9 aromatic rings. The Kier molecular flexibility index (Phi) is 6.36. The lowest BCUT2D eigenvalue weighted by Crippen LogP contribution is -2.25. The Labute approximate surface area is 304 Å². The van der Waals surface area contributed by atoms with Crippen LogP contribution < -0.4 is 0 Å². The molecule has 1 nitrogen and oxygen atoms in total. The van der Waals surface area contributed by atoms with E-state index in [2.05, 4.69) is 199 Å². The molecule has 1 heterocycles. The van der Waals surface area contributed by atoms with Crippen molar-refractivity contribution in [2.45, 2.75) is 17.8 Å². The normalized spacial score (nSPS) is 13.9. The standard InChI is InChI=1S/C51H35N/c1-2-15-35(16-3-1)43(33-34-29-31-36(32-30-34)52-48-27-12-7-19-39(48)40-20-8-13-28-49(40)52)41-22-14-26-47-50(41)42-21-6-11-25-46(42)51(47)44-23-9-4-17-37(44)38-18-5-10-24-45(38)51/h1-32,43H,33H2. The van der Waals surface area contributed by atoms with Crippen LogP contribution in [0.15, 0.2) is 194 Å². The van der Waals surface area contributed by atoms with Crippen LogP contribution in [0.3, 0.4) is 0 Å². The molecule has 2 aliphatic carbocycles. The van der Waals surface area contributed by atoms with Gasteiger partial charge in [-0.25, -0.2) is 0 Å². The summed E-state index contributed by atoms with van der Waals surface area (Å²) in [6.45, 7) is 0. The van der Waals surface area contributed by atoms with Crippen molar-refractivity contribution in [3.8, 4) is 27.9 Å². The number of fused-ring (bicyclic) bond motifs is 13. The van der Waals surface area contributed by atoms with Gasteiger partial charge in [-0.3, -0.25) is 0 Å². The smallest absolute Gasteiger partial charge is 0.0725 e. The number of benzene rings is 8. The summed E-state index contributed by atoms with van der Waals surface area (Å²) in [4.78, 5) is 0. The van der Waals surface area contributed by atoms with Crippen molar-refractivity contribution in [3.05, 3.63) is 233 Å². The number of hydrogen-bond donors (Lipinski definition) is 0. The highest BCUT2D eigenvalue weighted by Gasteiger charge is 2.52. The van der Waals surface area contributed by atoms with E-state index in [4.69, 9.17) is 0 Å². The zero-order valence-electron chi connectivity index (χ0n) is 28.7. The van der Waals surface area contributed by atoms with Crippen LogP contribution in [0.1, 0.15) is 44.9 Å². The molecular weight excluding hydrogens is 627 g/mol. The topological polar surface area (TPSA) is 4.93 Å². The average molecular weight is 662 g/mol. The zero-order chi connectivity index (χ0) is 34.2. The van der Waals surface area contributed by atoms with Gasteiger partial charge in [0.15, 0.2) is 0 Å². The Hall–Kier alpha value is -6.44. The highest BCUT2D eigenvalue weighted by atomic mass is 15.0. The minimum absolute atomic E-state index is 0.172. The summed E-state index contributed by atoms with van der Waals surface area (Å²) in [5.74, 6) is 0.172. The molecule has 0 aliphatic heterocycles. The Balaban J connectivity index is 1.08. The molecule has 0 amide bonds. The number of rotatable bonds is 5. The first kappa shape index (κ1) is 29.3. The van der Waals surface area contributed by atoms with Crippen LogP contribution in [0.25, 0.3) is 49.7 Å². The zero-order valence-corrected chi connectivity index (χ0v) is 28.7. The molecule has 1 atom stereocenters. The molecule has 1 spiro atoms. The second-order valence-corrected chi connectivity index (χ2v) is 14.4. The van der Waals surface area contributed by atoms with E-state index in [1.54, 1.807) is 0 Å². The van der Waals surface area contributed by atoms with E-state index in [1.807, 2.05) is 0 Å². The number of aromatic nitrogens is 1. The first-order valence-electron chi connectivity index (χ1n) is 18.4. The largest absolute Gasteiger partial charge is 0.309 e. The minimum Gasteiger partial charge on any atom is -0.309 e. The molecule has 2 aliphatic rings. The molecular formula is C51H35N. The van der Waals surface area contributed by atoms with E-state index in [1.165, 1.54) is 88.7 Å². The van der Waals surface area contributed by atoms with Crippen LogP contribution in [-0.2, 0) is 11.8 Å². The Morgan fingerprint density at radius 2 is 0.904 bits per heavy atom. The maximum Gasteiger partial charge on any atom is 0.0725 e. The third-order valence-corrected chi connectivity index (χ3v) is 11.8. The molecule has 244 valence electrons. The van der Waals surface area contributed by atoms with Gasteiger partial charge in [-0.1, -0.05) is 170 Å². The maximum absolute atomic E-state index is 2.40. The highest BCUT2D eigenvalue weighted by molar-refractivity contribution is 6.09. The third kappa shape index (κ3) is 3.99. The molecule has 0 N–H and O–H groups in total. The highest BCUT2D eigenvalue weighted by Crippen LogP contribution is 2.63. The van der Waals surface area contributed by atoms with Crippen LogP contribution in [0, 0.1) is 0 Å². The van der Waals surface area contributed by atoms with Crippen molar-refractivity contribution in [2.24, 2.45) is 0 Å². The van der Waals surface area contributed by atoms with Crippen LogP contribution in [0.2, 0.25) is 0 Å². The minimum atomic E-state index is -0.347. The molecule has 8 aromatic carbocycles. The van der Waals surface area contributed by atoms with Crippen molar-refractivity contribution in [1.29, 1.82) is 0 Å². The fourth-order valence-corrected chi connectivity index (χ4v) is 9.77. The van der Waals surface area contributed by atoms with Gasteiger partial charge in [-0.2, -0.15) is 0 Å². The van der Waals surface area contributed by atoms with Gasteiger partial charge in [0.05, 0.1) is 16.4 Å². The van der Waals surface area contributed by atoms with Gasteiger partial charge in [-0.15, -0.1) is 0 Å². The summed E-state index contributed by atoms with van der Waals surface area (Å²) in [5, 5.41) is 2.57. The number of hydrogen-bond acceptors (Lipinski definition) is 0. The summed E-state index contributed by atoms with van der Waals surface area (Å²) in [6, 6.07) is 72.4. The average Bonchev–Trinajstić information content (AvgIpc) is 3.83. The first-order valence-corrected chi connectivity index (χ1v) is 18.4. The number of nitrogens with zero attached hydrogens (tertiary/aromatic N) is 1. The molecule has 52 heavy (non-hydrogen) atoms. The molecule has 11 rings (SSSR count). The fraction of sp³-hybridized carbons (Fsp3) is 0.0588. The third-order valence-electron chi connectivity index (χ3n) is 11.8. The fourth-order valence-electron chi connectivity index (χ4n) is 9.77. The molecule has 0 fully saturated rings. The van der Waals surface area contributed by atoms with Crippen LogP contribution in [0.5, 0.6) is 0 Å². The molecule has 1 aromatic heterocycles. The SMILES string of the molecule is c1ccc(C(Cc2ccc(-n3c4ccccc4c4ccccc43)cc2)c2cccc3c2-c2ccccc2C32c3ccccc3-c3ccccc32)cc1. The molecule has 0 saturated heterocycles. The van der Waals surface area contributed by atoms with E-state index in [0.29, 0.717) is 0 Å². The lowest BCUT2D eigenvalue weighted by atomic mass is 9.70. The Bertz CT molecular complexity index is 2720. The first-order chi connectivity index (χ1) is 25.8. The van der Waals surface area contributed by atoms with Gasteiger partial charge in [0, 0.05) is 22.4 Å². The van der Waals surface area contributed by atoms with Gasteiger partial charge in [0.25, 0.3) is 0 Å². The summed E-state index contributed by atoms with van der Waals surface area (Å²) >= 11 is 0. The van der Waals surface area contributed by atoms with Crippen molar-refractivity contribution in [2.75, 3.05) is 0 Å². The second kappa shape index (κ2) is 11.3. The van der Waals surface area contributed by atoms with Crippen molar-refractivity contribution >= 4 is 21.8 Å². The molecule has 0 bridgehead atoms. The van der Waals surface area contributed by atoms with E-state index in [-0.39, 0.29) is 11.3 Å². The van der Waals surface area contributed by atoms with E-state index in [0.717, 1.165) is 6.42 Å². The quantitative estimate of drug-likeness (QED) is 0.173. The van der Waals surface area contributed by atoms with E-state index >= 15 is 0 Å². The van der Waals surface area contributed by atoms with E-state index in [9.17, 15) is 0 Å². The molecule has 0 saturated carbocycles. The molecule has 1 unspecified atom stereocenters. The van der Waals surface area contributed by atoms with Crippen molar-refractivity contribution in [3.63, 3.8) is 0 Å². The Morgan fingerprint density at radius 3 is 1.54 bits per heavy atom. The van der Waals surface area contributed by atoms with Crippen LogP contribution in [0.4, 0.5) is 0 Å². The van der Waals surface area contributed by atoms with Gasteiger partial charge in [-0.05, 0) is 91.9 Å². The summed E-state index contributed by atoms with van der Waals surface area (Å²) in [7, 11) is 0. The lowest BCUT2D eigenvalue weighted by Gasteiger charge is -2.31. The van der Waals surface area contributed by atoms with Crippen LogP contribution in [-0.4, -0.2) is 4.57 Å². The van der Waals surface area contributed by atoms with Crippen LogP contribution >= 0.6 is 0 Å². The predicted octanol–water partition coefficient (Wildman–Crippen LogP) is 12.5. The Morgan fingerprint density at radius 1 is 0.404 bits per heavy atom. The predicted molar refractivity (Wildman–Crippen MR) is 216 cm³/mol. The lowest BCUT2D eigenvalue weighted by molar-refractivity contribution is 0.782. The summed E-state index contributed by atoms with van der Waals surface area (Å²) in [6.07, 6.45) is 0.899. The maximum atomic E-state index is 2.40. The van der Waals surface area contributed by atoms with E-state index < -0.39 is 0 Å². The monoisotopic (exact) mass is 661 g/mol. The van der Waals surface area contributed by atoms with Gasteiger partial charge in [0.1, 0.15) is 0 Å². The summed E-state index contributed by atoms with van der Waals surface area (Å²) in [5.41, 5.74) is 18.3. The van der Waals surface area contributed by atoms with Gasteiger partial charge < -0.3 is 4.57 Å². The molecule has 1 heteroatoms. The van der Waals surface area contributed by atoms with Crippen molar-refractivity contribution in [1.82, 2.24) is 4.57 Å². The second-order valence-electron chi connectivity index (χ2n) is 14.4. The van der Waals surface area contributed by atoms with Gasteiger partial charge >= 0.3 is 0 Å². The molecule has 0 radical (unpaired) electrons. The number of para-hydroxylation sites is 2. The summed E-state index contributed by atoms with van der Waals surface area (Å²) < 4.78 is 2.40.